The summed E-state index contributed by atoms with van der Waals surface area (Å²) in [5.41, 5.74) is 1.00. The minimum Gasteiger partial charge on any atom is -0.493 e. The van der Waals surface area contributed by atoms with Gasteiger partial charge in [-0.1, -0.05) is 18.2 Å². The average Bonchev–Trinajstić information content (AvgIpc) is 2.46. The SMILES string of the molecule is C=CCNC(=NC)NCc1cccc(OC)c1OC. The van der Waals surface area contributed by atoms with Crippen LogP contribution >= 0.6 is 0 Å². The standard InChI is InChI=1S/C14H21N3O2/c1-5-9-16-14(15-2)17-10-11-7-6-8-12(18-3)13(11)19-4/h5-8H,1,9-10H2,2-4H3,(H2,15,16,17). The Morgan fingerprint density at radius 1 is 1.32 bits per heavy atom. The van der Waals surface area contributed by atoms with Gasteiger partial charge in [-0.05, 0) is 6.07 Å². The van der Waals surface area contributed by atoms with Gasteiger partial charge in [0.25, 0.3) is 0 Å². The molecule has 1 aromatic rings. The van der Waals surface area contributed by atoms with Crippen molar-refractivity contribution in [1.82, 2.24) is 10.6 Å². The highest BCUT2D eigenvalue weighted by Gasteiger charge is 2.09. The van der Waals surface area contributed by atoms with Crippen LogP contribution in [-0.2, 0) is 6.54 Å². The van der Waals surface area contributed by atoms with Crippen molar-refractivity contribution in [3.05, 3.63) is 36.4 Å². The van der Waals surface area contributed by atoms with Gasteiger partial charge in [0.2, 0.25) is 0 Å². The molecule has 0 aliphatic heterocycles. The number of methoxy groups -OCH3 is 2. The number of hydrogen-bond donors (Lipinski definition) is 2. The number of nitrogens with zero attached hydrogens (tertiary/aromatic N) is 1. The van der Waals surface area contributed by atoms with Gasteiger partial charge in [0, 0.05) is 25.7 Å². The van der Waals surface area contributed by atoms with Gasteiger partial charge in [-0.15, -0.1) is 6.58 Å². The van der Waals surface area contributed by atoms with E-state index in [9.17, 15) is 0 Å². The van der Waals surface area contributed by atoms with Crippen molar-refractivity contribution in [3.8, 4) is 11.5 Å². The lowest BCUT2D eigenvalue weighted by Gasteiger charge is -2.14. The fourth-order valence-electron chi connectivity index (χ4n) is 1.66. The normalized spacial score (nSPS) is 10.8. The molecule has 0 unspecified atom stereocenters. The summed E-state index contributed by atoms with van der Waals surface area (Å²) < 4.78 is 10.6. The Morgan fingerprint density at radius 3 is 2.68 bits per heavy atom. The molecule has 2 N–H and O–H groups in total. The number of hydrogen-bond acceptors (Lipinski definition) is 3. The lowest BCUT2D eigenvalue weighted by atomic mass is 10.2. The lowest BCUT2D eigenvalue weighted by Crippen LogP contribution is -2.36. The van der Waals surface area contributed by atoms with Crippen LogP contribution < -0.4 is 20.1 Å². The van der Waals surface area contributed by atoms with Gasteiger partial charge in [0.1, 0.15) is 0 Å². The molecular weight excluding hydrogens is 242 g/mol. The van der Waals surface area contributed by atoms with E-state index >= 15 is 0 Å². The summed E-state index contributed by atoms with van der Waals surface area (Å²) in [5.74, 6) is 2.16. The summed E-state index contributed by atoms with van der Waals surface area (Å²) in [6.07, 6.45) is 1.78. The third kappa shape index (κ3) is 4.21. The molecule has 0 amide bonds. The largest absolute Gasteiger partial charge is 0.493 e. The maximum absolute atomic E-state index is 5.37. The Morgan fingerprint density at radius 2 is 2.11 bits per heavy atom. The summed E-state index contributed by atoms with van der Waals surface area (Å²) in [5, 5.41) is 6.31. The Labute approximate surface area is 114 Å². The number of nitrogens with one attached hydrogen (secondary N) is 2. The topological polar surface area (TPSA) is 54.9 Å². The Balaban J connectivity index is 2.74. The van der Waals surface area contributed by atoms with E-state index in [0.29, 0.717) is 19.0 Å². The number of benzene rings is 1. The maximum Gasteiger partial charge on any atom is 0.191 e. The van der Waals surface area contributed by atoms with Crippen LogP contribution in [-0.4, -0.2) is 33.8 Å². The van der Waals surface area contributed by atoms with Crippen LogP contribution in [0.2, 0.25) is 0 Å². The Bertz CT molecular complexity index is 444. The molecule has 1 rings (SSSR count). The first-order chi connectivity index (χ1) is 9.26. The molecule has 104 valence electrons. The van der Waals surface area contributed by atoms with E-state index in [2.05, 4.69) is 22.2 Å². The fraction of sp³-hybridized carbons (Fsp3) is 0.357. The molecule has 5 heteroatoms. The molecule has 0 bridgehead atoms. The third-order valence-electron chi connectivity index (χ3n) is 2.57. The number of ether oxygens (including phenoxy) is 2. The van der Waals surface area contributed by atoms with E-state index in [1.165, 1.54) is 0 Å². The van der Waals surface area contributed by atoms with Gasteiger partial charge in [-0.25, -0.2) is 0 Å². The van der Waals surface area contributed by atoms with Crippen molar-refractivity contribution < 1.29 is 9.47 Å². The summed E-state index contributed by atoms with van der Waals surface area (Å²) in [7, 11) is 4.98. The van der Waals surface area contributed by atoms with Crippen LogP contribution in [0.5, 0.6) is 11.5 Å². The van der Waals surface area contributed by atoms with Crippen molar-refractivity contribution in [2.24, 2.45) is 4.99 Å². The summed E-state index contributed by atoms with van der Waals surface area (Å²) in [6.45, 7) is 4.91. The second-order valence-corrected chi connectivity index (χ2v) is 3.75. The van der Waals surface area contributed by atoms with Crippen molar-refractivity contribution >= 4 is 5.96 Å². The predicted octanol–water partition coefficient (Wildman–Crippen LogP) is 1.55. The van der Waals surface area contributed by atoms with Crippen molar-refractivity contribution in [2.75, 3.05) is 27.8 Å². The molecule has 19 heavy (non-hydrogen) atoms. The van der Waals surface area contributed by atoms with Crippen LogP contribution in [0.3, 0.4) is 0 Å². The molecule has 1 aromatic carbocycles. The molecule has 0 saturated carbocycles. The molecular formula is C14H21N3O2. The summed E-state index contributed by atoms with van der Waals surface area (Å²) in [6, 6.07) is 5.78. The summed E-state index contributed by atoms with van der Waals surface area (Å²) >= 11 is 0. The smallest absolute Gasteiger partial charge is 0.191 e. The Kier molecular flexibility index (Phi) is 6.29. The summed E-state index contributed by atoms with van der Waals surface area (Å²) in [4.78, 5) is 4.11. The number of rotatable bonds is 6. The van der Waals surface area contributed by atoms with E-state index in [1.807, 2.05) is 18.2 Å². The van der Waals surface area contributed by atoms with E-state index in [4.69, 9.17) is 9.47 Å². The van der Waals surface area contributed by atoms with Gasteiger partial charge >= 0.3 is 0 Å². The van der Waals surface area contributed by atoms with E-state index in [-0.39, 0.29) is 0 Å². The quantitative estimate of drug-likeness (QED) is 0.464. The molecule has 0 heterocycles. The van der Waals surface area contributed by atoms with Crippen LogP contribution in [0, 0.1) is 0 Å². The molecule has 5 nitrogen and oxygen atoms in total. The van der Waals surface area contributed by atoms with E-state index < -0.39 is 0 Å². The molecule has 0 spiro atoms. The molecule has 0 aliphatic rings. The highest BCUT2D eigenvalue weighted by atomic mass is 16.5. The molecule has 0 aliphatic carbocycles. The number of para-hydroxylation sites is 1. The number of aliphatic imine (C=N–C) groups is 1. The molecule has 0 aromatic heterocycles. The highest BCUT2D eigenvalue weighted by molar-refractivity contribution is 5.79. The fourth-order valence-corrected chi connectivity index (χ4v) is 1.66. The monoisotopic (exact) mass is 263 g/mol. The lowest BCUT2D eigenvalue weighted by molar-refractivity contribution is 0.351. The van der Waals surface area contributed by atoms with Crippen LogP contribution in [0.15, 0.2) is 35.8 Å². The molecule has 0 saturated heterocycles. The first-order valence-corrected chi connectivity index (χ1v) is 6.02. The van der Waals surface area contributed by atoms with Gasteiger partial charge in [-0.2, -0.15) is 0 Å². The predicted molar refractivity (Wildman–Crippen MR) is 77.9 cm³/mol. The van der Waals surface area contributed by atoms with Crippen molar-refractivity contribution in [1.29, 1.82) is 0 Å². The first kappa shape index (κ1) is 14.9. The van der Waals surface area contributed by atoms with Crippen LogP contribution in [0.1, 0.15) is 5.56 Å². The van der Waals surface area contributed by atoms with E-state index in [0.717, 1.165) is 17.1 Å². The van der Waals surface area contributed by atoms with Crippen LogP contribution in [0.4, 0.5) is 0 Å². The third-order valence-corrected chi connectivity index (χ3v) is 2.57. The highest BCUT2D eigenvalue weighted by Crippen LogP contribution is 2.30. The minimum absolute atomic E-state index is 0.594. The van der Waals surface area contributed by atoms with Gasteiger partial charge in [-0.3, -0.25) is 4.99 Å². The second-order valence-electron chi connectivity index (χ2n) is 3.75. The first-order valence-electron chi connectivity index (χ1n) is 6.02. The zero-order valence-electron chi connectivity index (χ0n) is 11.7. The molecule has 0 atom stereocenters. The molecule has 0 fully saturated rings. The van der Waals surface area contributed by atoms with Crippen molar-refractivity contribution in [2.45, 2.75) is 6.54 Å². The van der Waals surface area contributed by atoms with Gasteiger partial charge < -0.3 is 20.1 Å². The number of guanidine groups is 1. The van der Waals surface area contributed by atoms with Crippen LogP contribution in [0.25, 0.3) is 0 Å². The zero-order valence-corrected chi connectivity index (χ0v) is 11.7. The van der Waals surface area contributed by atoms with Crippen molar-refractivity contribution in [3.63, 3.8) is 0 Å². The van der Waals surface area contributed by atoms with Gasteiger partial charge in [0.05, 0.1) is 14.2 Å². The minimum atomic E-state index is 0.594. The second kappa shape index (κ2) is 8.02. The Hall–Kier alpha value is -2.17. The maximum atomic E-state index is 5.37. The molecule has 0 radical (unpaired) electrons. The van der Waals surface area contributed by atoms with E-state index in [1.54, 1.807) is 27.3 Å². The van der Waals surface area contributed by atoms with Gasteiger partial charge in [0.15, 0.2) is 17.5 Å². The zero-order chi connectivity index (χ0) is 14.1. The average molecular weight is 263 g/mol.